The van der Waals surface area contributed by atoms with Crippen molar-refractivity contribution in [3.05, 3.63) is 0 Å². The maximum Gasteiger partial charge on any atom is 1.00 e. The molecule has 1 aliphatic heterocycles. The Balaban J connectivity index is -0.000000320. The third kappa shape index (κ3) is 9.08. The predicted molar refractivity (Wildman–Crippen MR) is 49.7 cm³/mol. The van der Waals surface area contributed by atoms with Gasteiger partial charge in [0.15, 0.2) is 6.29 Å². The maximum absolute atomic E-state index is 10.1. The van der Waals surface area contributed by atoms with Crippen molar-refractivity contribution in [2.75, 3.05) is 6.61 Å². The van der Waals surface area contributed by atoms with Crippen molar-refractivity contribution in [3.63, 3.8) is 0 Å². The zero-order chi connectivity index (χ0) is 12.5. The number of ether oxygens (including phenoxy) is 1. The fourth-order valence-electron chi connectivity index (χ4n) is 1.23. The molecule has 0 aromatic carbocycles. The Kier molecular flexibility index (Phi) is 18.3. The Morgan fingerprint density at radius 3 is 1.85 bits per heavy atom. The molecule has 0 aromatic rings. The van der Waals surface area contributed by atoms with Crippen molar-refractivity contribution in [3.8, 4) is 0 Å². The third-order valence-corrected chi connectivity index (χ3v) is 2.55. The van der Waals surface area contributed by atoms with Crippen LogP contribution in [0.4, 0.5) is 0 Å². The second kappa shape index (κ2) is 12.3. The van der Waals surface area contributed by atoms with Crippen molar-refractivity contribution in [1.29, 1.82) is 0 Å². The number of hydrogen-bond donors (Lipinski definition) is 4. The van der Waals surface area contributed by atoms with E-state index < -0.39 is 45.1 Å². The van der Waals surface area contributed by atoms with Gasteiger partial charge in [-0.1, -0.05) is 0 Å². The summed E-state index contributed by atoms with van der Waals surface area (Å²) >= 11 is 0. The van der Waals surface area contributed by atoms with E-state index >= 15 is 0 Å². The average molecular weight is 340 g/mol. The molecule has 1 aliphatic rings. The summed E-state index contributed by atoms with van der Waals surface area (Å²) in [5, 5.41) is 36.6. The van der Waals surface area contributed by atoms with E-state index in [1.807, 2.05) is 0 Å². The molecule has 112 valence electrons. The standard InChI is InChI=1S/C6H13O9P.2Na.2H2O/c7-3-2(1-14-16(11,12)13)15-6(10)5(9)4(3)8;;;;/h2-10H,1H2,(H2,11,12,13);;;2*1H2/q;2*+1;;/p-2/t2-,3-,4+,5-,6?;;;;/m1..../s1. The summed E-state index contributed by atoms with van der Waals surface area (Å²) < 4.78 is 18.5. The van der Waals surface area contributed by atoms with Crippen LogP contribution in [-0.2, 0) is 13.8 Å². The van der Waals surface area contributed by atoms with Gasteiger partial charge < -0.3 is 55.0 Å². The van der Waals surface area contributed by atoms with E-state index in [1.54, 1.807) is 0 Å². The molecule has 0 radical (unpaired) electrons. The molecule has 0 aliphatic carbocycles. The van der Waals surface area contributed by atoms with Crippen molar-refractivity contribution < 1.29 is 114 Å². The van der Waals surface area contributed by atoms with E-state index in [2.05, 4.69) is 9.26 Å². The van der Waals surface area contributed by atoms with Crippen molar-refractivity contribution in [2.45, 2.75) is 30.7 Å². The Labute approximate surface area is 158 Å². The van der Waals surface area contributed by atoms with Crippen molar-refractivity contribution in [2.24, 2.45) is 0 Å². The van der Waals surface area contributed by atoms with E-state index in [4.69, 9.17) is 10.2 Å². The van der Waals surface area contributed by atoms with Gasteiger partial charge in [-0.25, -0.2) is 0 Å². The smallest absolute Gasteiger partial charge is 0.790 e. The fourth-order valence-corrected chi connectivity index (χ4v) is 1.56. The van der Waals surface area contributed by atoms with Gasteiger partial charge in [0.25, 0.3) is 0 Å². The third-order valence-electron chi connectivity index (χ3n) is 2.08. The number of hydrogen-bond acceptors (Lipinski definition) is 9. The zero-order valence-electron chi connectivity index (χ0n) is 10.9. The SMILES string of the molecule is O.O.O=P([O-])([O-])OC[C@H]1OC(O)[C@H](O)[C@@H](O)[C@@H]1O.[Na+].[Na+]. The molecule has 8 N–H and O–H groups in total. The van der Waals surface area contributed by atoms with Gasteiger partial charge in [0, 0.05) is 0 Å². The number of phosphoric ester groups is 1. The number of rotatable bonds is 3. The maximum atomic E-state index is 10.1. The Morgan fingerprint density at radius 2 is 1.45 bits per heavy atom. The fraction of sp³-hybridized carbons (Fsp3) is 1.00. The zero-order valence-corrected chi connectivity index (χ0v) is 15.8. The molecule has 5 atom stereocenters. The van der Waals surface area contributed by atoms with Gasteiger partial charge in [0.2, 0.25) is 0 Å². The minimum atomic E-state index is -5.23. The van der Waals surface area contributed by atoms with Crippen molar-refractivity contribution >= 4 is 7.82 Å². The van der Waals surface area contributed by atoms with Gasteiger partial charge in [-0.3, -0.25) is 0 Å². The number of phosphoric acid groups is 1. The van der Waals surface area contributed by atoms with Gasteiger partial charge in [0.1, 0.15) is 24.4 Å². The molecule has 1 rings (SSSR count). The topological polar surface area (TPSA) is 226 Å². The summed E-state index contributed by atoms with van der Waals surface area (Å²) in [6.07, 6.45) is -8.35. The molecule has 20 heavy (non-hydrogen) atoms. The molecule has 14 heteroatoms. The van der Waals surface area contributed by atoms with Crippen molar-refractivity contribution in [1.82, 2.24) is 0 Å². The normalized spacial score (nSPS) is 32.8. The van der Waals surface area contributed by atoms with Gasteiger partial charge in [-0.05, 0) is 0 Å². The molecule has 0 saturated carbocycles. The quantitative estimate of drug-likeness (QED) is 0.282. The van der Waals surface area contributed by atoms with E-state index in [9.17, 15) is 24.6 Å². The number of aliphatic hydroxyl groups is 4. The van der Waals surface area contributed by atoms with Crippen LogP contribution in [0.15, 0.2) is 0 Å². The second-order valence-corrected chi connectivity index (χ2v) is 4.43. The molecule has 0 bridgehead atoms. The first-order chi connectivity index (χ1) is 7.22. The molecule has 11 nitrogen and oxygen atoms in total. The van der Waals surface area contributed by atoms with Crippen LogP contribution < -0.4 is 68.9 Å². The minimum Gasteiger partial charge on any atom is -0.790 e. The summed E-state index contributed by atoms with van der Waals surface area (Å²) in [4.78, 5) is 20.3. The van der Waals surface area contributed by atoms with Crippen LogP contribution in [0.5, 0.6) is 0 Å². The molecule has 0 aromatic heterocycles. The molecule has 1 fully saturated rings. The van der Waals surface area contributed by atoms with Gasteiger partial charge >= 0.3 is 59.1 Å². The summed E-state index contributed by atoms with van der Waals surface area (Å²) in [7, 11) is -5.23. The van der Waals surface area contributed by atoms with E-state index in [1.165, 1.54) is 0 Å². The first-order valence-electron chi connectivity index (χ1n) is 4.26. The monoisotopic (exact) mass is 340 g/mol. The molecule has 1 unspecified atom stereocenters. The van der Waals surface area contributed by atoms with Gasteiger partial charge in [-0.2, -0.15) is 0 Å². The first-order valence-corrected chi connectivity index (χ1v) is 5.73. The van der Waals surface area contributed by atoms with E-state index in [0.717, 1.165) is 0 Å². The summed E-state index contributed by atoms with van der Waals surface area (Å²) in [5.74, 6) is 0. The van der Waals surface area contributed by atoms with Crippen LogP contribution in [0.1, 0.15) is 0 Å². The Bertz CT molecular complexity index is 288. The molecule has 1 saturated heterocycles. The minimum absolute atomic E-state index is 0. The second-order valence-electron chi connectivity index (χ2n) is 3.28. The summed E-state index contributed by atoms with van der Waals surface area (Å²) in [6.45, 7) is -0.855. The van der Waals surface area contributed by atoms with Crippen LogP contribution in [0, 0.1) is 0 Å². The summed E-state index contributed by atoms with van der Waals surface area (Å²) in [6, 6.07) is 0. The van der Waals surface area contributed by atoms with Gasteiger partial charge in [-0.15, -0.1) is 0 Å². The average Bonchev–Trinajstić information content (AvgIpc) is 2.17. The number of aliphatic hydroxyl groups excluding tert-OH is 4. The Hall–Kier alpha value is 1.83. The van der Waals surface area contributed by atoms with E-state index in [0.29, 0.717) is 0 Å². The molecule has 0 spiro atoms. The molecule has 1 heterocycles. The largest absolute Gasteiger partial charge is 1.00 e. The van der Waals surface area contributed by atoms with Crippen LogP contribution >= 0.6 is 7.82 Å². The van der Waals surface area contributed by atoms with Crippen LogP contribution in [0.2, 0.25) is 0 Å². The van der Waals surface area contributed by atoms with Crippen LogP contribution in [0.3, 0.4) is 0 Å². The Morgan fingerprint density at radius 1 is 1.00 bits per heavy atom. The van der Waals surface area contributed by atoms with Crippen LogP contribution in [0.25, 0.3) is 0 Å². The summed E-state index contributed by atoms with van der Waals surface area (Å²) in [5.41, 5.74) is 0. The molecular formula is C6H15Na2O11P. The van der Waals surface area contributed by atoms with Gasteiger partial charge in [0.05, 0.1) is 14.4 Å². The molecule has 0 amide bonds. The first kappa shape index (κ1) is 29.8. The van der Waals surface area contributed by atoms with E-state index in [-0.39, 0.29) is 70.1 Å². The predicted octanol–water partition coefficient (Wildman–Crippen LogP) is -12.0. The molecular weight excluding hydrogens is 325 g/mol. The van der Waals surface area contributed by atoms with Crippen LogP contribution in [-0.4, -0.2) is 68.7 Å².